The first-order valence-corrected chi connectivity index (χ1v) is 11.8. The summed E-state index contributed by atoms with van der Waals surface area (Å²) in [6.45, 7) is 2.05. The Hall–Kier alpha value is -4.09. The number of amides is 1. The Bertz CT molecular complexity index is 1610. The fourth-order valence-electron chi connectivity index (χ4n) is 4.19. The summed E-state index contributed by atoms with van der Waals surface area (Å²) in [6.07, 6.45) is 3.53. The number of nitrogen functional groups attached to an aromatic ring is 1. The molecule has 10 nitrogen and oxygen atoms in total. The van der Waals surface area contributed by atoms with Gasteiger partial charge in [0.25, 0.3) is 0 Å². The standard InChI is InChI=1S/C24H21Cl2FN8O2/c1-11-18(22(29)36)20(14-4-3-13(25)7-15(14)26)32-23(35(11)10-12-8-30-34(2)9-12)33-24-31-17-6-5-16(27)19(28)21(17)37-24/h3-9,20H,10,28H2,1-2H3,(H2,29,36)(H,31,32,33). The second kappa shape index (κ2) is 9.41. The van der Waals surface area contributed by atoms with Crippen LogP contribution >= 0.6 is 23.2 Å². The number of hydrogen-bond donors (Lipinski definition) is 3. The van der Waals surface area contributed by atoms with Gasteiger partial charge in [0.05, 0.1) is 18.3 Å². The lowest BCUT2D eigenvalue weighted by Gasteiger charge is -2.34. The highest BCUT2D eigenvalue weighted by Gasteiger charge is 2.34. The van der Waals surface area contributed by atoms with Crippen LogP contribution in [0.1, 0.15) is 24.1 Å². The number of anilines is 2. The molecule has 5 N–H and O–H groups in total. The normalized spacial score (nSPS) is 15.9. The monoisotopic (exact) mass is 542 g/mol. The number of aliphatic imine (C=N–C) groups is 1. The molecule has 13 heteroatoms. The lowest BCUT2D eigenvalue weighted by Crippen LogP contribution is -2.41. The number of allylic oxidation sites excluding steroid dienone is 1. The van der Waals surface area contributed by atoms with Crippen molar-refractivity contribution in [3.63, 3.8) is 0 Å². The van der Waals surface area contributed by atoms with Gasteiger partial charge < -0.3 is 20.8 Å². The molecule has 0 saturated carbocycles. The number of nitrogens with zero attached hydrogens (tertiary/aromatic N) is 5. The Morgan fingerprint density at radius 3 is 2.73 bits per heavy atom. The van der Waals surface area contributed by atoms with Crippen LogP contribution in [0.2, 0.25) is 10.0 Å². The summed E-state index contributed by atoms with van der Waals surface area (Å²) in [5.41, 5.74) is 14.1. The number of nitrogens with two attached hydrogens (primary N) is 2. The molecule has 1 atom stereocenters. The van der Waals surface area contributed by atoms with E-state index in [1.54, 1.807) is 47.9 Å². The number of guanidine groups is 1. The van der Waals surface area contributed by atoms with Crippen LogP contribution in [0.3, 0.4) is 0 Å². The summed E-state index contributed by atoms with van der Waals surface area (Å²) in [5.74, 6) is -0.990. The minimum atomic E-state index is -0.846. The van der Waals surface area contributed by atoms with Crippen molar-refractivity contribution in [2.75, 3.05) is 11.1 Å². The van der Waals surface area contributed by atoms with Crippen LogP contribution in [0.15, 0.2) is 63.4 Å². The van der Waals surface area contributed by atoms with Crippen LogP contribution in [0.5, 0.6) is 0 Å². The third kappa shape index (κ3) is 4.58. The summed E-state index contributed by atoms with van der Waals surface area (Å²) in [6, 6.07) is 6.75. The molecule has 0 bridgehead atoms. The lowest BCUT2D eigenvalue weighted by atomic mass is 9.95. The topological polar surface area (TPSA) is 141 Å². The van der Waals surface area contributed by atoms with Gasteiger partial charge >= 0.3 is 6.01 Å². The van der Waals surface area contributed by atoms with E-state index >= 15 is 0 Å². The SMILES string of the molecule is CC1=C(C(N)=O)C(c2ccc(Cl)cc2Cl)N=C(Nc2nc3ccc(F)c(N)c3o2)N1Cc1cnn(C)c1. The van der Waals surface area contributed by atoms with Gasteiger partial charge in [0.1, 0.15) is 23.1 Å². The van der Waals surface area contributed by atoms with Gasteiger partial charge in [-0.3, -0.25) is 14.8 Å². The second-order valence-electron chi connectivity index (χ2n) is 8.45. The average Bonchev–Trinajstić information content (AvgIpc) is 3.44. The zero-order valence-corrected chi connectivity index (χ0v) is 21.2. The molecule has 0 fully saturated rings. The molecule has 2 aromatic carbocycles. The molecule has 0 radical (unpaired) electrons. The quantitative estimate of drug-likeness (QED) is 0.318. The van der Waals surface area contributed by atoms with Crippen molar-refractivity contribution in [3.05, 3.63) is 81.0 Å². The number of carbonyl (C=O) groups excluding carboxylic acids is 1. The van der Waals surface area contributed by atoms with Gasteiger partial charge in [-0.1, -0.05) is 29.3 Å². The minimum absolute atomic E-state index is 0.0264. The fraction of sp³-hybridized carbons (Fsp3) is 0.167. The van der Waals surface area contributed by atoms with E-state index in [0.29, 0.717) is 33.4 Å². The van der Waals surface area contributed by atoms with E-state index in [1.165, 1.54) is 12.1 Å². The molecule has 4 aromatic rings. The molecule has 0 saturated heterocycles. The molecular formula is C24H21Cl2FN8O2. The Balaban J connectivity index is 1.63. The van der Waals surface area contributed by atoms with Gasteiger partial charge in [0.15, 0.2) is 5.58 Å². The summed E-state index contributed by atoms with van der Waals surface area (Å²) in [7, 11) is 1.80. The first-order valence-electron chi connectivity index (χ1n) is 11.0. The summed E-state index contributed by atoms with van der Waals surface area (Å²) in [4.78, 5) is 23.6. The number of aryl methyl sites for hydroxylation is 1. The molecule has 3 heterocycles. The number of oxazole rings is 1. The molecule has 1 unspecified atom stereocenters. The van der Waals surface area contributed by atoms with Crippen LogP contribution in [-0.2, 0) is 18.4 Å². The number of halogens is 3. The van der Waals surface area contributed by atoms with Crippen molar-refractivity contribution in [2.45, 2.75) is 19.5 Å². The minimum Gasteiger partial charge on any atom is -0.421 e. The zero-order valence-electron chi connectivity index (χ0n) is 19.7. The van der Waals surface area contributed by atoms with Crippen molar-refractivity contribution >= 4 is 57.9 Å². The van der Waals surface area contributed by atoms with E-state index in [1.807, 2.05) is 6.20 Å². The van der Waals surface area contributed by atoms with E-state index in [-0.39, 0.29) is 28.8 Å². The molecule has 190 valence electrons. The van der Waals surface area contributed by atoms with Crippen molar-refractivity contribution in [3.8, 4) is 0 Å². The summed E-state index contributed by atoms with van der Waals surface area (Å²) >= 11 is 12.6. The number of carbonyl (C=O) groups is 1. The van der Waals surface area contributed by atoms with Gasteiger partial charge in [-0.15, -0.1) is 0 Å². The van der Waals surface area contributed by atoms with E-state index < -0.39 is 17.8 Å². The van der Waals surface area contributed by atoms with Gasteiger partial charge in [-0.05, 0) is 31.2 Å². The molecule has 1 amide bonds. The number of aromatic nitrogens is 3. The Morgan fingerprint density at radius 2 is 2.05 bits per heavy atom. The number of primary amides is 1. The third-order valence-electron chi connectivity index (χ3n) is 5.96. The lowest BCUT2D eigenvalue weighted by molar-refractivity contribution is -0.115. The first-order chi connectivity index (χ1) is 17.6. The number of fused-ring (bicyclic) bond motifs is 1. The highest BCUT2D eigenvalue weighted by molar-refractivity contribution is 6.35. The number of nitrogens with one attached hydrogen (secondary N) is 1. The Morgan fingerprint density at radius 1 is 1.27 bits per heavy atom. The van der Waals surface area contributed by atoms with Crippen LogP contribution in [0.25, 0.3) is 11.1 Å². The molecular weight excluding hydrogens is 522 g/mol. The van der Waals surface area contributed by atoms with Crippen LogP contribution < -0.4 is 16.8 Å². The van der Waals surface area contributed by atoms with Gasteiger partial charge in [-0.2, -0.15) is 10.1 Å². The Labute approximate surface area is 220 Å². The second-order valence-corrected chi connectivity index (χ2v) is 9.29. The van der Waals surface area contributed by atoms with Gasteiger partial charge in [-0.25, -0.2) is 9.38 Å². The fourth-order valence-corrected chi connectivity index (χ4v) is 4.70. The van der Waals surface area contributed by atoms with Gasteiger partial charge in [0, 0.05) is 40.1 Å². The maximum Gasteiger partial charge on any atom is 0.302 e. The first kappa shape index (κ1) is 24.6. The van der Waals surface area contributed by atoms with Crippen LogP contribution in [0.4, 0.5) is 16.1 Å². The Kier molecular flexibility index (Phi) is 6.26. The van der Waals surface area contributed by atoms with Crippen molar-refractivity contribution in [2.24, 2.45) is 17.8 Å². The summed E-state index contributed by atoms with van der Waals surface area (Å²) < 4.78 is 21.3. The van der Waals surface area contributed by atoms with Crippen molar-refractivity contribution in [1.29, 1.82) is 0 Å². The molecule has 1 aliphatic heterocycles. The number of benzene rings is 2. The van der Waals surface area contributed by atoms with Crippen molar-refractivity contribution < 1.29 is 13.6 Å². The predicted octanol–water partition coefficient (Wildman–Crippen LogP) is 4.37. The largest absolute Gasteiger partial charge is 0.421 e. The zero-order chi connectivity index (χ0) is 26.4. The average molecular weight is 543 g/mol. The van der Waals surface area contributed by atoms with E-state index in [9.17, 15) is 9.18 Å². The summed E-state index contributed by atoms with van der Waals surface area (Å²) in [5, 5.41) is 8.01. The highest BCUT2D eigenvalue weighted by atomic mass is 35.5. The van der Waals surface area contributed by atoms with Crippen LogP contribution in [-0.4, -0.2) is 31.5 Å². The highest BCUT2D eigenvalue weighted by Crippen LogP contribution is 2.39. The molecule has 0 spiro atoms. The number of hydrogen-bond acceptors (Lipinski definition) is 8. The van der Waals surface area contributed by atoms with Crippen molar-refractivity contribution in [1.82, 2.24) is 19.7 Å². The number of rotatable bonds is 5. The maximum absolute atomic E-state index is 14.0. The third-order valence-corrected chi connectivity index (χ3v) is 6.52. The predicted molar refractivity (Wildman–Crippen MR) is 139 cm³/mol. The van der Waals surface area contributed by atoms with E-state index in [2.05, 4.69) is 15.4 Å². The molecule has 5 rings (SSSR count). The van der Waals surface area contributed by atoms with Crippen LogP contribution in [0, 0.1) is 5.82 Å². The van der Waals surface area contributed by atoms with Gasteiger partial charge in [0.2, 0.25) is 11.9 Å². The molecule has 37 heavy (non-hydrogen) atoms. The molecule has 1 aliphatic rings. The maximum atomic E-state index is 14.0. The van der Waals surface area contributed by atoms with E-state index in [0.717, 1.165) is 5.56 Å². The molecule has 0 aliphatic carbocycles. The van der Waals surface area contributed by atoms with E-state index in [4.69, 9.17) is 44.1 Å². The molecule has 2 aromatic heterocycles. The smallest absolute Gasteiger partial charge is 0.302 e.